The number of rotatable bonds is 5. The van der Waals surface area contributed by atoms with Crippen molar-refractivity contribution in [3.8, 4) is 0 Å². The van der Waals surface area contributed by atoms with Gasteiger partial charge in [-0.15, -0.1) is 0 Å². The quantitative estimate of drug-likeness (QED) is 0.812. The minimum Gasteiger partial charge on any atom is -0.377 e. The highest BCUT2D eigenvalue weighted by atomic mass is 16.5. The fourth-order valence-electron chi connectivity index (χ4n) is 2.63. The Bertz CT molecular complexity index is 756. The molecule has 1 fully saturated rings. The summed E-state index contributed by atoms with van der Waals surface area (Å²) in [6.07, 6.45) is 0. The van der Waals surface area contributed by atoms with Crippen LogP contribution < -0.4 is 10.5 Å². The molecule has 130 valence electrons. The molecule has 1 saturated heterocycles. The van der Waals surface area contributed by atoms with Crippen LogP contribution in [0.1, 0.15) is 32.3 Å². The van der Waals surface area contributed by atoms with Crippen LogP contribution in [0.3, 0.4) is 0 Å². The lowest BCUT2D eigenvalue weighted by atomic mass is 9.92. The van der Waals surface area contributed by atoms with E-state index >= 15 is 0 Å². The molecular formula is C16H23N5O3. The van der Waals surface area contributed by atoms with Crippen molar-refractivity contribution in [3.05, 3.63) is 34.0 Å². The summed E-state index contributed by atoms with van der Waals surface area (Å²) in [5.41, 5.74) is 0.767. The van der Waals surface area contributed by atoms with Crippen LogP contribution in [0.4, 0.5) is 6.01 Å². The predicted octanol–water partition coefficient (Wildman–Crippen LogP) is 1.21. The fraction of sp³-hybridized carbons (Fsp3) is 0.625. The van der Waals surface area contributed by atoms with Crippen LogP contribution in [0.25, 0.3) is 0 Å². The Hall–Kier alpha value is -2.22. The summed E-state index contributed by atoms with van der Waals surface area (Å²) in [6.45, 7) is 8.72. The summed E-state index contributed by atoms with van der Waals surface area (Å²) in [5, 5.41) is 8.36. The average molecular weight is 333 g/mol. The smallest absolute Gasteiger partial charge is 0.324 e. The van der Waals surface area contributed by atoms with E-state index in [1.54, 1.807) is 17.9 Å². The predicted molar refractivity (Wildman–Crippen MR) is 87.9 cm³/mol. The van der Waals surface area contributed by atoms with Crippen LogP contribution in [0.2, 0.25) is 0 Å². The van der Waals surface area contributed by atoms with Crippen LogP contribution in [0, 0.1) is 5.92 Å². The molecule has 0 radical (unpaired) electrons. The Balaban J connectivity index is 1.62. The Morgan fingerprint density at radius 2 is 2.08 bits per heavy atom. The Morgan fingerprint density at radius 3 is 2.75 bits per heavy atom. The summed E-state index contributed by atoms with van der Waals surface area (Å²) in [5.74, 6) is 0.870. The Kier molecular flexibility index (Phi) is 4.40. The highest BCUT2D eigenvalue weighted by molar-refractivity contribution is 5.30. The summed E-state index contributed by atoms with van der Waals surface area (Å²) >= 11 is 0. The normalized spacial score (nSPS) is 15.6. The molecule has 3 rings (SSSR count). The highest BCUT2D eigenvalue weighted by Crippen LogP contribution is 2.24. The summed E-state index contributed by atoms with van der Waals surface area (Å²) in [6, 6.07) is 3.91. The van der Waals surface area contributed by atoms with Gasteiger partial charge in [-0.25, -0.2) is 4.68 Å². The van der Waals surface area contributed by atoms with E-state index < -0.39 is 0 Å². The third-order valence-corrected chi connectivity index (χ3v) is 4.02. The molecular weight excluding hydrogens is 310 g/mol. The molecule has 3 heterocycles. The van der Waals surface area contributed by atoms with Gasteiger partial charge in [0, 0.05) is 37.6 Å². The van der Waals surface area contributed by atoms with E-state index in [-0.39, 0.29) is 11.0 Å². The van der Waals surface area contributed by atoms with Gasteiger partial charge in [0.2, 0.25) is 0 Å². The van der Waals surface area contributed by atoms with Crippen LogP contribution in [-0.2, 0) is 23.3 Å². The molecule has 8 nitrogen and oxygen atoms in total. The van der Waals surface area contributed by atoms with Gasteiger partial charge in [-0.3, -0.25) is 4.79 Å². The molecule has 0 amide bonds. The first kappa shape index (κ1) is 16.6. The number of hydrogen-bond acceptors (Lipinski definition) is 7. The molecule has 8 heteroatoms. The van der Waals surface area contributed by atoms with Gasteiger partial charge < -0.3 is 14.2 Å². The summed E-state index contributed by atoms with van der Waals surface area (Å²) in [4.78, 5) is 18.3. The fourth-order valence-corrected chi connectivity index (χ4v) is 2.63. The van der Waals surface area contributed by atoms with E-state index in [1.165, 1.54) is 0 Å². The molecule has 0 spiro atoms. The standard InChI is InChI=1S/C16H23N5O3/c1-16(2,3)12-5-6-14(22)21(18-12)9-11-7-20(8-11)15-17-13(10-23-4)19-24-15/h5-6,11H,7-10H2,1-4H3. The molecule has 0 saturated carbocycles. The third kappa shape index (κ3) is 3.48. The molecule has 0 atom stereocenters. The largest absolute Gasteiger partial charge is 0.377 e. The maximum absolute atomic E-state index is 12.0. The second kappa shape index (κ2) is 6.35. The van der Waals surface area contributed by atoms with Crippen molar-refractivity contribution in [1.29, 1.82) is 0 Å². The number of ether oxygens (including phenoxy) is 1. The average Bonchev–Trinajstić information content (AvgIpc) is 2.91. The summed E-state index contributed by atoms with van der Waals surface area (Å²) in [7, 11) is 1.59. The molecule has 0 N–H and O–H groups in total. The molecule has 0 aliphatic carbocycles. The topological polar surface area (TPSA) is 86.3 Å². The maximum Gasteiger partial charge on any atom is 0.324 e. The van der Waals surface area contributed by atoms with Crippen LogP contribution in [0.15, 0.2) is 21.5 Å². The van der Waals surface area contributed by atoms with Crippen molar-refractivity contribution in [2.45, 2.75) is 39.3 Å². The van der Waals surface area contributed by atoms with Crippen molar-refractivity contribution in [2.75, 3.05) is 25.1 Å². The maximum atomic E-state index is 12.0. The summed E-state index contributed by atoms with van der Waals surface area (Å²) < 4.78 is 11.7. The zero-order chi connectivity index (χ0) is 17.3. The van der Waals surface area contributed by atoms with Crippen LogP contribution in [-0.4, -0.2) is 40.1 Å². The van der Waals surface area contributed by atoms with Gasteiger partial charge in [-0.1, -0.05) is 25.9 Å². The van der Waals surface area contributed by atoms with Crippen molar-refractivity contribution in [1.82, 2.24) is 19.9 Å². The number of methoxy groups -OCH3 is 1. The SMILES string of the molecule is COCc1noc(N2CC(Cn3nc(C(C)(C)C)ccc3=O)C2)n1. The minimum atomic E-state index is -0.0807. The van der Waals surface area contributed by atoms with E-state index in [2.05, 4.69) is 36.0 Å². The van der Waals surface area contributed by atoms with Crippen LogP contribution in [0.5, 0.6) is 0 Å². The molecule has 2 aromatic rings. The van der Waals surface area contributed by atoms with Gasteiger partial charge >= 0.3 is 6.01 Å². The number of anilines is 1. The first-order chi connectivity index (χ1) is 11.4. The molecule has 0 bridgehead atoms. The van der Waals surface area contributed by atoms with E-state index in [9.17, 15) is 4.79 Å². The molecule has 0 aromatic carbocycles. The lowest BCUT2D eigenvalue weighted by Crippen LogP contribution is -2.50. The van der Waals surface area contributed by atoms with Gasteiger partial charge in [0.15, 0.2) is 5.82 Å². The lowest BCUT2D eigenvalue weighted by molar-refractivity contribution is 0.174. The van der Waals surface area contributed by atoms with Gasteiger partial charge in [0.1, 0.15) is 6.61 Å². The van der Waals surface area contributed by atoms with E-state index in [1.807, 2.05) is 11.0 Å². The lowest BCUT2D eigenvalue weighted by Gasteiger charge is -2.37. The van der Waals surface area contributed by atoms with Gasteiger partial charge in [-0.05, 0) is 6.07 Å². The van der Waals surface area contributed by atoms with Gasteiger partial charge in [0.05, 0.1) is 12.2 Å². The molecule has 2 aromatic heterocycles. The van der Waals surface area contributed by atoms with Crippen LogP contribution >= 0.6 is 0 Å². The van der Waals surface area contributed by atoms with E-state index in [4.69, 9.17) is 9.26 Å². The number of aromatic nitrogens is 4. The Morgan fingerprint density at radius 1 is 1.33 bits per heavy atom. The number of hydrogen-bond donors (Lipinski definition) is 0. The number of nitrogens with zero attached hydrogens (tertiary/aromatic N) is 5. The van der Waals surface area contributed by atoms with Crippen molar-refractivity contribution in [3.63, 3.8) is 0 Å². The van der Waals surface area contributed by atoms with Crippen molar-refractivity contribution >= 4 is 6.01 Å². The molecule has 24 heavy (non-hydrogen) atoms. The van der Waals surface area contributed by atoms with E-state index in [0.29, 0.717) is 30.9 Å². The zero-order valence-corrected chi connectivity index (χ0v) is 14.5. The second-order valence-corrected chi connectivity index (χ2v) is 7.19. The zero-order valence-electron chi connectivity index (χ0n) is 14.5. The first-order valence-electron chi connectivity index (χ1n) is 8.02. The monoisotopic (exact) mass is 333 g/mol. The minimum absolute atomic E-state index is 0.0679. The Labute approximate surface area is 140 Å². The molecule has 1 aliphatic heterocycles. The van der Waals surface area contributed by atoms with Crippen molar-refractivity contribution in [2.24, 2.45) is 5.92 Å². The highest BCUT2D eigenvalue weighted by Gasteiger charge is 2.31. The van der Waals surface area contributed by atoms with Gasteiger partial charge in [0.25, 0.3) is 5.56 Å². The van der Waals surface area contributed by atoms with Gasteiger partial charge in [-0.2, -0.15) is 10.1 Å². The molecule has 1 aliphatic rings. The second-order valence-electron chi connectivity index (χ2n) is 7.19. The van der Waals surface area contributed by atoms with Crippen molar-refractivity contribution < 1.29 is 9.26 Å². The third-order valence-electron chi connectivity index (χ3n) is 4.02. The van der Waals surface area contributed by atoms with E-state index in [0.717, 1.165) is 18.8 Å². The first-order valence-corrected chi connectivity index (χ1v) is 8.02. The molecule has 0 unspecified atom stereocenters.